The van der Waals surface area contributed by atoms with Crippen LogP contribution in [-0.4, -0.2) is 6.54 Å². The van der Waals surface area contributed by atoms with Crippen LogP contribution in [0.4, 0.5) is 13.2 Å². The molecule has 84 valence electrons. The standard InChI is InChI=1S/C10H11BrF3N/c1-6(5-15)8-3-2-7(11)4-9(8)10(12,13)14/h2-4,6H,5,15H2,1H3. The molecule has 5 heteroatoms. The molecule has 0 aliphatic heterocycles. The third-order valence-corrected chi connectivity index (χ3v) is 2.70. The topological polar surface area (TPSA) is 26.0 Å². The van der Waals surface area contributed by atoms with Crippen molar-refractivity contribution < 1.29 is 13.2 Å². The lowest BCUT2D eigenvalue weighted by Gasteiger charge is -2.17. The van der Waals surface area contributed by atoms with Crippen molar-refractivity contribution in [2.75, 3.05) is 6.54 Å². The number of benzene rings is 1. The number of hydrogen-bond donors (Lipinski definition) is 1. The van der Waals surface area contributed by atoms with E-state index in [9.17, 15) is 13.2 Å². The van der Waals surface area contributed by atoms with Crippen molar-refractivity contribution in [3.05, 3.63) is 33.8 Å². The second-order valence-electron chi connectivity index (χ2n) is 3.37. The number of nitrogens with two attached hydrogens (primary N) is 1. The molecule has 0 aromatic heterocycles. The third kappa shape index (κ3) is 2.95. The van der Waals surface area contributed by atoms with Gasteiger partial charge in [0.15, 0.2) is 0 Å². The predicted octanol–water partition coefficient (Wildman–Crippen LogP) is 3.53. The van der Waals surface area contributed by atoms with Crippen molar-refractivity contribution in [2.45, 2.75) is 19.0 Å². The zero-order valence-corrected chi connectivity index (χ0v) is 9.69. The van der Waals surface area contributed by atoms with Gasteiger partial charge in [0.25, 0.3) is 0 Å². The molecular weight excluding hydrogens is 271 g/mol. The molecule has 0 spiro atoms. The Balaban J connectivity index is 3.27. The van der Waals surface area contributed by atoms with Crippen LogP contribution >= 0.6 is 15.9 Å². The SMILES string of the molecule is CC(CN)c1ccc(Br)cc1C(F)(F)F. The van der Waals surface area contributed by atoms with Gasteiger partial charge in [-0.2, -0.15) is 13.2 Å². The van der Waals surface area contributed by atoms with E-state index < -0.39 is 11.7 Å². The molecule has 0 bridgehead atoms. The summed E-state index contributed by atoms with van der Waals surface area (Å²) in [6.07, 6.45) is -4.33. The molecule has 1 atom stereocenters. The average molecular weight is 282 g/mol. The molecule has 0 amide bonds. The molecule has 0 aliphatic rings. The Kier molecular flexibility index (Phi) is 3.78. The number of hydrogen-bond acceptors (Lipinski definition) is 1. The van der Waals surface area contributed by atoms with E-state index in [0.717, 1.165) is 6.07 Å². The van der Waals surface area contributed by atoms with Crippen molar-refractivity contribution in [1.82, 2.24) is 0 Å². The van der Waals surface area contributed by atoms with E-state index in [1.165, 1.54) is 6.07 Å². The fourth-order valence-corrected chi connectivity index (χ4v) is 1.69. The van der Waals surface area contributed by atoms with E-state index >= 15 is 0 Å². The van der Waals surface area contributed by atoms with E-state index in [4.69, 9.17) is 5.73 Å². The predicted molar refractivity (Wildman–Crippen MR) is 56.6 cm³/mol. The highest BCUT2D eigenvalue weighted by Gasteiger charge is 2.34. The maximum absolute atomic E-state index is 12.7. The van der Waals surface area contributed by atoms with Gasteiger partial charge in [0.2, 0.25) is 0 Å². The molecule has 1 rings (SSSR count). The molecule has 0 aliphatic carbocycles. The Morgan fingerprint density at radius 3 is 2.47 bits per heavy atom. The molecule has 0 fully saturated rings. The van der Waals surface area contributed by atoms with E-state index in [-0.39, 0.29) is 18.0 Å². The zero-order chi connectivity index (χ0) is 11.6. The molecule has 1 aromatic carbocycles. The molecule has 0 saturated heterocycles. The summed E-state index contributed by atoms with van der Waals surface area (Å²) in [4.78, 5) is 0. The van der Waals surface area contributed by atoms with Gasteiger partial charge in [-0.25, -0.2) is 0 Å². The van der Waals surface area contributed by atoms with Crippen LogP contribution in [0.25, 0.3) is 0 Å². The molecule has 0 heterocycles. The first-order chi connectivity index (χ1) is 6.86. The van der Waals surface area contributed by atoms with Gasteiger partial charge in [-0.15, -0.1) is 0 Å². The van der Waals surface area contributed by atoms with Crippen molar-refractivity contribution in [2.24, 2.45) is 5.73 Å². The van der Waals surface area contributed by atoms with Crippen molar-refractivity contribution in [1.29, 1.82) is 0 Å². The average Bonchev–Trinajstić information content (AvgIpc) is 2.15. The van der Waals surface area contributed by atoms with Gasteiger partial charge >= 0.3 is 6.18 Å². The van der Waals surface area contributed by atoms with Crippen LogP contribution in [-0.2, 0) is 6.18 Å². The van der Waals surface area contributed by atoms with Crippen LogP contribution in [0.1, 0.15) is 24.0 Å². The minimum atomic E-state index is -4.33. The largest absolute Gasteiger partial charge is 0.416 e. The Labute approximate surface area is 94.6 Å². The molecular formula is C10H11BrF3N. The minimum absolute atomic E-state index is 0.199. The van der Waals surface area contributed by atoms with Gasteiger partial charge < -0.3 is 5.73 Å². The Morgan fingerprint density at radius 2 is 2.00 bits per heavy atom. The lowest BCUT2D eigenvalue weighted by molar-refractivity contribution is -0.138. The molecule has 1 nitrogen and oxygen atoms in total. The highest BCUT2D eigenvalue weighted by atomic mass is 79.9. The first-order valence-electron chi connectivity index (χ1n) is 4.43. The second-order valence-corrected chi connectivity index (χ2v) is 4.28. The van der Waals surface area contributed by atoms with Gasteiger partial charge in [-0.1, -0.05) is 28.9 Å². The van der Waals surface area contributed by atoms with Gasteiger partial charge in [-0.05, 0) is 30.2 Å². The van der Waals surface area contributed by atoms with Crippen LogP contribution in [0.2, 0.25) is 0 Å². The summed E-state index contributed by atoms with van der Waals surface area (Å²) in [7, 11) is 0. The molecule has 15 heavy (non-hydrogen) atoms. The number of rotatable bonds is 2. The Bertz CT molecular complexity index is 349. The van der Waals surface area contributed by atoms with Crippen molar-refractivity contribution >= 4 is 15.9 Å². The normalized spacial score (nSPS) is 14.0. The van der Waals surface area contributed by atoms with Gasteiger partial charge in [0.05, 0.1) is 5.56 Å². The molecule has 1 unspecified atom stereocenters. The maximum Gasteiger partial charge on any atom is 0.416 e. The fourth-order valence-electron chi connectivity index (χ4n) is 1.33. The van der Waals surface area contributed by atoms with E-state index in [0.29, 0.717) is 4.47 Å². The van der Waals surface area contributed by atoms with Crippen LogP contribution in [0, 0.1) is 0 Å². The molecule has 1 aromatic rings. The lowest BCUT2D eigenvalue weighted by atomic mass is 9.95. The quantitative estimate of drug-likeness (QED) is 0.882. The van der Waals surface area contributed by atoms with Crippen LogP contribution in [0.3, 0.4) is 0 Å². The van der Waals surface area contributed by atoms with Gasteiger partial charge in [-0.3, -0.25) is 0 Å². The summed E-state index contributed by atoms with van der Waals surface area (Å²) < 4.78 is 38.4. The van der Waals surface area contributed by atoms with Gasteiger partial charge in [0, 0.05) is 4.47 Å². The van der Waals surface area contributed by atoms with Crippen LogP contribution < -0.4 is 5.73 Å². The monoisotopic (exact) mass is 281 g/mol. The Morgan fingerprint density at radius 1 is 1.40 bits per heavy atom. The van der Waals surface area contributed by atoms with Crippen molar-refractivity contribution in [3.63, 3.8) is 0 Å². The molecule has 2 N–H and O–H groups in total. The Hall–Kier alpha value is -0.550. The van der Waals surface area contributed by atoms with E-state index in [1.54, 1.807) is 13.0 Å². The third-order valence-electron chi connectivity index (χ3n) is 2.21. The molecule has 0 radical (unpaired) electrons. The lowest BCUT2D eigenvalue weighted by Crippen LogP contribution is -2.15. The van der Waals surface area contributed by atoms with Gasteiger partial charge in [0.1, 0.15) is 0 Å². The summed E-state index contributed by atoms with van der Waals surface area (Å²) in [5.74, 6) is -0.297. The summed E-state index contributed by atoms with van der Waals surface area (Å²) >= 11 is 3.03. The smallest absolute Gasteiger partial charge is 0.330 e. The summed E-state index contributed by atoms with van der Waals surface area (Å²) in [6, 6.07) is 4.14. The second kappa shape index (κ2) is 4.53. The first kappa shape index (κ1) is 12.5. The fraction of sp³-hybridized carbons (Fsp3) is 0.400. The van der Waals surface area contributed by atoms with Crippen molar-refractivity contribution in [3.8, 4) is 0 Å². The highest BCUT2D eigenvalue weighted by molar-refractivity contribution is 9.10. The minimum Gasteiger partial charge on any atom is -0.330 e. The molecule has 0 saturated carbocycles. The number of halogens is 4. The summed E-state index contributed by atoms with van der Waals surface area (Å²) in [5, 5.41) is 0. The maximum atomic E-state index is 12.7. The number of alkyl halides is 3. The van der Waals surface area contributed by atoms with Crippen LogP contribution in [0.15, 0.2) is 22.7 Å². The summed E-state index contributed by atoms with van der Waals surface area (Å²) in [6.45, 7) is 1.88. The summed E-state index contributed by atoms with van der Waals surface area (Å²) in [5.41, 5.74) is 5.00. The zero-order valence-electron chi connectivity index (χ0n) is 8.11. The first-order valence-corrected chi connectivity index (χ1v) is 5.22. The van der Waals surface area contributed by atoms with E-state index in [2.05, 4.69) is 15.9 Å². The highest BCUT2D eigenvalue weighted by Crippen LogP contribution is 2.36. The van der Waals surface area contributed by atoms with Crippen LogP contribution in [0.5, 0.6) is 0 Å². The van der Waals surface area contributed by atoms with E-state index in [1.807, 2.05) is 0 Å².